The van der Waals surface area contributed by atoms with Gasteiger partial charge in [-0.05, 0) is 19.3 Å². The van der Waals surface area contributed by atoms with Crippen molar-refractivity contribution < 1.29 is 4.79 Å². The predicted octanol–water partition coefficient (Wildman–Crippen LogP) is 3.36. The molecule has 1 saturated heterocycles. The number of carbonyl (C=O) groups is 1. The van der Waals surface area contributed by atoms with Crippen molar-refractivity contribution in [3.8, 4) is 0 Å². The molecule has 22 heavy (non-hydrogen) atoms. The van der Waals surface area contributed by atoms with Gasteiger partial charge in [-0.2, -0.15) is 0 Å². The largest absolute Gasteiger partial charge is 0.337 e. The van der Waals surface area contributed by atoms with Crippen molar-refractivity contribution in [2.24, 2.45) is 0 Å². The molecule has 1 aromatic heterocycles. The minimum absolute atomic E-state index is 0.178. The SMILES string of the molecule is CC(C)c1ncc(C(=O)N2CCCN(C3CCCC3)CC2)s1. The molecule has 0 radical (unpaired) electrons. The maximum atomic E-state index is 12.7. The summed E-state index contributed by atoms with van der Waals surface area (Å²) in [6, 6.07) is 0.769. The van der Waals surface area contributed by atoms with Crippen LogP contribution in [-0.4, -0.2) is 52.9 Å². The van der Waals surface area contributed by atoms with Crippen molar-refractivity contribution in [1.82, 2.24) is 14.8 Å². The number of rotatable bonds is 3. The van der Waals surface area contributed by atoms with Gasteiger partial charge in [-0.3, -0.25) is 9.69 Å². The van der Waals surface area contributed by atoms with Crippen molar-refractivity contribution in [3.63, 3.8) is 0 Å². The Morgan fingerprint density at radius 3 is 2.64 bits per heavy atom. The lowest BCUT2D eigenvalue weighted by Crippen LogP contribution is -2.38. The van der Waals surface area contributed by atoms with Crippen LogP contribution in [0, 0.1) is 0 Å². The quantitative estimate of drug-likeness (QED) is 0.856. The first-order valence-electron chi connectivity index (χ1n) is 8.64. The summed E-state index contributed by atoms with van der Waals surface area (Å²) in [4.78, 5) is 22.5. The van der Waals surface area contributed by atoms with Crippen molar-refractivity contribution in [3.05, 3.63) is 16.1 Å². The lowest BCUT2D eigenvalue weighted by Gasteiger charge is -2.27. The molecule has 1 saturated carbocycles. The molecule has 0 atom stereocenters. The van der Waals surface area contributed by atoms with E-state index in [0.29, 0.717) is 5.92 Å². The summed E-state index contributed by atoms with van der Waals surface area (Å²) in [6.45, 7) is 8.18. The highest BCUT2D eigenvalue weighted by Crippen LogP contribution is 2.25. The molecule has 5 heteroatoms. The second kappa shape index (κ2) is 7.09. The van der Waals surface area contributed by atoms with Gasteiger partial charge >= 0.3 is 0 Å². The van der Waals surface area contributed by atoms with Gasteiger partial charge in [-0.25, -0.2) is 4.98 Å². The van der Waals surface area contributed by atoms with E-state index in [4.69, 9.17) is 0 Å². The molecule has 4 nitrogen and oxygen atoms in total. The molecular weight excluding hydrogens is 294 g/mol. The summed E-state index contributed by atoms with van der Waals surface area (Å²) in [7, 11) is 0. The molecule has 2 fully saturated rings. The molecule has 2 aliphatic rings. The fraction of sp³-hybridized carbons (Fsp3) is 0.765. The summed E-state index contributed by atoms with van der Waals surface area (Å²) in [5.41, 5.74) is 0. The van der Waals surface area contributed by atoms with Crippen molar-refractivity contribution in [1.29, 1.82) is 0 Å². The summed E-state index contributed by atoms with van der Waals surface area (Å²) in [5.74, 6) is 0.575. The van der Waals surface area contributed by atoms with E-state index in [9.17, 15) is 4.79 Å². The van der Waals surface area contributed by atoms with E-state index in [1.165, 1.54) is 25.7 Å². The number of nitrogens with zero attached hydrogens (tertiary/aromatic N) is 3. The Bertz CT molecular complexity index is 508. The third kappa shape index (κ3) is 3.51. The zero-order valence-electron chi connectivity index (χ0n) is 13.8. The third-order valence-corrected chi connectivity index (χ3v) is 6.17. The first-order valence-corrected chi connectivity index (χ1v) is 9.46. The Kier molecular flexibility index (Phi) is 5.14. The average molecular weight is 321 g/mol. The lowest BCUT2D eigenvalue weighted by molar-refractivity contribution is 0.0762. The monoisotopic (exact) mass is 321 g/mol. The Morgan fingerprint density at radius 2 is 1.95 bits per heavy atom. The number of thiazole rings is 1. The van der Waals surface area contributed by atoms with Crippen LogP contribution in [-0.2, 0) is 0 Å². The Balaban J connectivity index is 1.60. The molecule has 0 aromatic carbocycles. The van der Waals surface area contributed by atoms with E-state index in [1.807, 2.05) is 4.90 Å². The van der Waals surface area contributed by atoms with Crippen LogP contribution in [0.25, 0.3) is 0 Å². The zero-order chi connectivity index (χ0) is 15.5. The normalized spacial score (nSPS) is 21.5. The van der Waals surface area contributed by atoms with E-state index in [1.54, 1.807) is 17.5 Å². The zero-order valence-corrected chi connectivity index (χ0v) is 14.6. The maximum Gasteiger partial charge on any atom is 0.265 e. The second-order valence-electron chi connectivity index (χ2n) is 6.84. The topological polar surface area (TPSA) is 36.4 Å². The Hall–Kier alpha value is -0.940. The minimum Gasteiger partial charge on any atom is -0.337 e. The van der Waals surface area contributed by atoms with Crippen LogP contribution < -0.4 is 0 Å². The fourth-order valence-electron chi connectivity index (χ4n) is 3.58. The van der Waals surface area contributed by atoms with Gasteiger partial charge in [0.05, 0.1) is 11.2 Å². The molecule has 1 aliphatic carbocycles. The molecule has 2 heterocycles. The van der Waals surface area contributed by atoms with E-state index < -0.39 is 0 Å². The summed E-state index contributed by atoms with van der Waals surface area (Å²) < 4.78 is 0. The third-order valence-electron chi connectivity index (χ3n) is 4.89. The van der Waals surface area contributed by atoms with Crippen LogP contribution in [0.4, 0.5) is 0 Å². The number of hydrogen-bond donors (Lipinski definition) is 0. The highest BCUT2D eigenvalue weighted by Gasteiger charge is 2.27. The van der Waals surface area contributed by atoms with E-state index in [0.717, 1.165) is 48.5 Å². The Labute approximate surface area is 137 Å². The highest BCUT2D eigenvalue weighted by molar-refractivity contribution is 7.13. The molecule has 0 bridgehead atoms. The standard InChI is InChI=1S/C17H27N3OS/c1-13(2)16-18-12-15(22-16)17(21)20-9-5-8-19(10-11-20)14-6-3-4-7-14/h12-14H,3-11H2,1-2H3. The van der Waals surface area contributed by atoms with Gasteiger partial charge in [0.1, 0.15) is 4.88 Å². The van der Waals surface area contributed by atoms with Gasteiger partial charge < -0.3 is 4.90 Å². The number of hydrogen-bond acceptors (Lipinski definition) is 4. The van der Waals surface area contributed by atoms with Crippen LogP contribution in [0.2, 0.25) is 0 Å². The van der Waals surface area contributed by atoms with Gasteiger partial charge in [-0.1, -0.05) is 26.7 Å². The van der Waals surface area contributed by atoms with Gasteiger partial charge in [0.25, 0.3) is 5.91 Å². The molecule has 1 aliphatic heterocycles. The van der Waals surface area contributed by atoms with Gasteiger partial charge in [-0.15, -0.1) is 11.3 Å². The number of carbonyl (C=O) groups excluding carboxylic acids is 1. The molecule has 1 aromatic rings. The summed E-state index contributed by atoms with van der Waals surface area (Å²) >= 11 is 1.56. The van der Waals surface area contributed by atoms with Crippen LogP contribution in [0.15, 0.2) is 6.20 Å². The van der Waals surface area contributed by atoms with Crippen molar-refractivity contribution >= 4 is 17.2 Å². The summed E-state index contributed by atoms with van der Waals surface area (Å²) in [5, 5.41) is 1.06. The molecule has 0 N–H and O–H groups in total. The molecule has 3 rings (SSSR count). The smallest absolute Gasteiger partial charge is 0.265 e. The van der Waals surface area contributed by atoms with E-state index >= 15 is 0 Å². The van der Waals surface area contributed by atoms with Crippen molar-refractivity contribution in [2.45, 2.75) is 57.9 Å². The van der Waals surface area contributed by atoms with Gasteiger partial charge in [0.2, 0.25) is 0 Å². The van der Waals surface area contributed by atoms with Crippen LogP contribution in [0.1, 0.15) is 66.5 Å². The minimum atomic E-state index is 0.178. The van der Waals surface area contributed by atoms with Gasteiger partial charge in [0, 0.05) is 38.1 Å². The summed E-state index contributed by atoms with van der Waals surface area (Å²) in [6.07, 6.45) is 8.31. The predicted molar refractivity (Wildman–Crippen MR) is 90.6 cm³/mol. The first kappa shape index (κ1) is 15.9. The van der Waals surface area contributed by atoms with Gasteiger partial charge in [0.15, 0.2) is 0 Å². The van der Waals surface area contributed by atoms with E-state index in [2.05, 4.69) is 23.7 Å². The fourth-order valence-corrected chi connectivity index (χ4v) is 4.47. The number of aromatic nitrogens is 1. The number of amides is 1. The maximum absolute atomic E-state index is 12.7. The Morgan fingerprint density at radius 1 is 1.18 bits per heavy atom. The molecular formula is C17H27N3OS. The molecule has 0 spiro atoms. The average Bonchev–Trinajstić information content (AvgIpc) is 3.14. The van der Waals surface area contributed by atoms with Crippen LogP contribution >= 0.6 is 11.3 Å². The van der Waals surface area contributed by atoms with E-state index in [-0.39, 0.29) is 5.91 Å². The highest BCUT2D eigenvalue weighted by atomic mass is 32.1. The first-order chi connectivity index (χ1) is 10.6. The molecule has 1 amide bonds. The van der Waals surface area contributed by atoms with Crippen LogP contribution in [0.5, 0.6) is 0 Å². The second-order valence-corrected chi connectivity index (χ2v) is 7.90. The lowest BCUT2D eigenvalue weighted by atomic mass is 10.2. The molecule has 0 unspecified atom stereocenters. The van der Waals surface area contributed by atoms with Crippen LogP contribution in [0.3, 0.4) is 0 Å². The molecule has 122 valence electrons. The van der Waals surface area contributed by atoms with Crippen molar-refractivity contribution in [2.75, 3.05) is 26.2 Å².